The molecule has 9 aromatic carbocycles. The minimum atomic E-state index is -0.194. The van der Waals surface area contributed by atoms with Crippen molar-refractivity contribution in [2.75, 3.05) is 0 Å². The zero-order valence-electron chi connectivity index (χ0n) is 61.5. The first-order valence-corrected chi connectivity index (χ1v) is 35.0. The lowest BCUT2D eigenvalue weighted by atomic mass is 9.34. The number of nitrogens with zero attached hydrogens (tertiary/aromatic N) is 4. The molecule has 0 bridgehead atoms. The van der Waals surface area contributed by atoms with Crippen molar-refractivity contribution in [2.24, 2.45) is 0 Å². The highest BCUT2D eigenvalue weighted by Crippen LogP contribution is 2.49. The first-order valence-electron chi connectivity index (χ1n) is 35.0. The summed E-state index contributed by atoms with van der Waals surface area (Å²) in [6.45, 7) is 56.6. The Bertz CT molecular complexity index is 4780. The molecule has 0 spiro atoms. The Morgan fingerprint density at radius 2 is 0.611 bits per heavy atom. The van der Waals surface area contributed by atoms with Crippen molar-refractivity contribution in [3.05, 3.63) is 208 Å². The molecule has 3 aromatic heterocycles. The van der Waals surface area contributed by atoms with Crippen molar-refractivity contribution < 1.29 is 0 Å². The van der Waals surface area contributed by atoms with Crippen LogP contribution < -0.4 is 16.4 Å². The molecule has 482 valence electrons. The van der Waals surface area contributed by atoms with Crippen LogP contribution in [-0.4, -0.2) is 25.8 Å². The van der Waals surface area contributed by atoms with Crippen molar-refractivity contribution in [3.63, 3.8) is 0 Å². The molecule has 5 heterocycles. The Morgan fingerprint density at radius 1 is 0.284 bits per heavy atom. The van der Waals surface area contributed by atoms with Crippen LogP contribution in [0.4, 0.5) is 0 Å². The van der Waals surface area contributed by atoms with Gasteiger partial charge in [-0.2, -0.15) is 0 Å². The number of benzene rings is 9. The highest BCUT2D eigenvalue weighted by molar-refractivity contribution is 7.00. The summed E-state index contributed by atoms with van der Waals surface area (Å²) in [7, 11) is 0. The van der Waals surface area contributed by atoms with E-state index in [1.54, 1.807) is 0 Å². The third-order valence-electron chi connectivity index (χ3n) is 21.0. The molecule has 0 unspecified atom stereocenters. The van der Waals surface area contributed by atoms with Gasteiger partial charge < -0.3 is 9.13 Å². The second-order valence-corrected chi connectivity index (χ2v) is 36.6. The Labute approximate surface area is 567 Å². The molecule has 12 aromatic rings. The van der Waals surface area contributed by atoms with Gasteiger partial charge in [0, 0.05) is 60.6 Å². The van der Waals surface area contributed by atoms with Gasteiger partial charge in [0.05, 0.1) is 22.4 Å². The lowest BCUT2D eigenvalue weighted by Gasteiger charge is -2.35. The van der Waals surface area contributed by atoms with E-state index in [1.807, 2.05) is 0 Å². The molecule has 0 radical (unpaired) electrons. The molecule has 2 aliphatic rings. The van der Waals surface area contributed by atoms with E-state index in [1.165, 1.54) is 138 Å². The van der Waals surface area contributed by atoms with Crippen molar-refractivity contribution in [1.29, 1.82) is 0 Å². The highest BCUT2D eigenvalue weighted by Gasteiger charge is 2.44. The second kappa shape index (κ2) is 21.1. The summed E-state index contributed by atoms with van der Waals surface area (Å²) in [4.78, 5) is 12.0. The van der Waals surface area contributed by atoms with Crippen LogP contribution in [0.25, 0.3) is 111 Å². The summed E-state index contributed by atoms with van der Waals surface area (Å²) in [5.74, 6) is 0.706. The molecule has 0 saturated carbocycles. The molecule has 0 amide bonds. The lowest BCUT2D eigenvalue weighted by Crippen LogP contribution is -2.59. The molecule has 0 atom stereocenters. The lowest BCUT2D eigenvalue weighted by molar-refractivity contribution is 0.568. The zero-order chi connectivity index (χ0) is 68.1. The fourth-order valence-electron chi connectivity index (χ4n) is 15.2. The molecular weight excluding hydrogens is 1150 g/mol. The first-order chi connectivity index (χ1) is 44.1. The molecule has 2 aliphatic heterocycles. The maximum atomic E-state index is 5.98. The average molecular weight is 1250 g/mol. The normalized spacial score (nSPS) is 13.9. The summed E-state index contributed by atoms with van der Waals surface area (Å²) in [6.07, 6.45) is 0. The zero-order valence-corrected chi connectivity index (χ0v) is 61.5. The van der Waals surface area contributed by atoms with E-state index < -0.39 is 0 Å². The van der Waals surface area contributed by atoms with E-state index in [0.717, 1.165) is 28.1 Å². The Morgan fingerprint density at radius 3 is 0.926 bits per heavy atom. The summed E-state index contributed by atoms with van der Waals surface area (Å²) in [5.41, 5.74) is 30.6. The van der Waals surface area contributed by atoms with Gasteiger partial charge in [0.2, 0.25) is 0 Å². The molecule has 0 fully saturated rings. The molecule has 95 heavy (non-hydrogen) atoms. The van der Waals surface area contributed by atoms with E-state index in [9.17, 15) is 0 Å². The number of hydrogen-bond donors (Lipinski definition) is 0. The van der Waals surface area contributed by atoms with Gasteiger partial charge in [-0.25, -0.2) is 9.97 Å². The molecule has 4 nitrogen and oxygen atoms in total. The van der Waals surface area contributed by atoms with Gasteiger partial charge in [-0.15, -0.1) is 0 Å². The van der Waals surface area contributed by atoms with E-state index in [0.29, 0.717) is 5.82 Å². The minimum Gasteiger partial charge on any atom is -0.310 e. The predicted molar refractivity (Wildman–Crippen MR) is 412 cm³/mol. The third-order valence-corrected chi connectivity index (χ3v) is 21.0. The Kier molecular flexibility index (Phi) is 14.2. The maximum Gasteiger partial charge on any atom is 0.252 e. The smallest absolute Gasteiger partial charge is 0.252 e. The number of aromatic nitrogens is 4. The SMILES string of the molecule is CC(C)(C)c1cc(-c2cc(-c3cc(C(C)(C)C)cc(C(C)(C)C)c3)nc(-c3cc4c5c(c3)-n3c6cc(C(C)(C)C)cc(C(C)(C)C)c6c6cc(-c7ccccc7)cc(c63)B5c3cc(-c5ccccc5)cc5c6c(C(C)(C)C)cc(C(C)(C)C)cc6n-4c35)n2)cc(C(C)(C)C)c1. The largest absolute Gasteiger partial charge is 0.310 e. The quantitative estimate of drug-likeness (QED) is 0.161. The highest BCUT2D eigenvalue weighted by atomic mass is 15.0. The average Bonchev–Trinajstić information content (AvgIpc) is 1.54. The topological polar surface area (TPSA) is 35.6 Å². The van der Waals surface area contributed by atoms with Crippen LogP contribution in [0.2, 0.25) is 0 Å². The van der Waals surface area contributed by atoms with E-state index in [4.69, 9.17) is 9.97 Å². The van der Waals surface area contributed by atoms with E-state index in [2.05, 4.69) is 339 Å². The van der Waals surface area contributed by atoms with Gasteiger partial charge in [0.1, 0.15) is 0 Å². The van der Waals surface area contributed by atoms with Gasteiger partial charge in [-0.1, -0.05) is 263 Å². The Balaban J connectivity index is 1.22. The fraction of sp³-hybridized carbons (Fsp3) is 0.356. The molecule has 0 N–H and O–H groups in total. The van der Waals surface area contributed by atoms with Gasteiger partial charge in [-0.05, 0) is 193 Å². The fourth-order valence-corrected chi connectivity index (χ4v) is 15.2. The summed E-state index contributed by atoms with van der Waals surface area (Å²) in [6, 6.07) is 64.5. The van der Waals surface area contributed by atoms with Crippen LogP contribution in [0.5, 0.6) is 0 Å². The van der Waals surface area contributed by atoms with Crippen LogP contribution in [-0.2, 0) is 43.3 Å². The van der Waals surface area contributed by atoms with Crippen LogP contribution >= 0.6 is 0 Å². The number of hydrogen-bond acceptors (Lipinski definition) is 2. The summed E-state index contributed by atoms with van der Waals surface area (Å²) >= 11 is 0. The van der Waals surface area contributed by atoms with Crippen LogP contribution in [0.1, 0.15) is 211 Å². The van der Waals surface area contributed by atoms with Gasteiger partial charge in [-0.3, -0.25) is 0 Å². The van der Waals surface area contributed by atoms with Crippen molar-refractivity contribution in [3.8, 4) is 67.5 Å². The van der Waals surface area contributed by atoms with Crippen LogP contribution in [0.3, 0.4) is 0 Å². The van der Waals surface area contributed by atoms with Gasteiger partial charge >= 0.3 is 0 Å². The maximum absolute atomic E-state index is 5.98. The Hall–Kier alpha value is -8.28. The van der Waals surface area contributed by atoms with E-state index >= 15 is 0 Å². The number of fused-ring (bicyclic) bond motifs is 10. The predicted octanol–water partition coefficient (Wildman–Crippen LogP) is 22.5. The van der Waals surface area contributed by atoms with Crippen LogP contribution in [0.15, 0.2) is 164 Å². The van der Waals surface area contributed by atoms with Crippen LogP contribution in [0, 0.1) is 0 Å². The second-order valence-electron chi connectivity index (χ2n) is 36.6. The summed E-state index contributed by atoms with van der Waals surface area (Å²) in [5, 5.41) is 5.20. The van der Waals surface area contributed by atoms with Crippen molar-refractivity contribution in [1.82, 2.24) is 19.1 Å². The van der Waals surface area contributed by atoms with Gasteiger partial charge in [0.25, 0.3) is 6.71 Å². The van der Waals surface area contributed by atoms with E-state index in [-0.39, 0.29) is 50.0 Å². The molecule has 0 saturated heterocycles. The van der Waals surface area contributed by atoms with Crippen molar-refractivity contribution in [2.45, 2.75) is 209 Å². The molecular formula is C90H99BN4. The van der Waals surface area contributed by atoms with Gasteiger partial charge in [0.15, 0.2) is 5.82 Å². The molecule has 14 rings (SSSR count). The molecule has 5 heteroatoms. The third kappa shape index (κ3) is 10.8. The minimum absolute atomic E-state index is 0.111. The van der Waals surface area contributed by atoms with Crippen molar-refractivity contribution >= 4 is 66.7 Å². The molecule has 0 aliphatic carbocycles. The first kappa shape index (κ1) is 64.1. The summed E-state index contributed by atoms with van der Waals surface area (Å²) < 4.78 is 5.42. The number of rotatable bonds is 5. The monoisotopic (exact) mass is 1250 g/mol. The standard InChI is InChI=1S/C90H99BN4/c1-83(2,3)59-35-56(36-60(45-59)84(4,5)6)71-51-72(57-37-61(85(7,8)9)46-62(38-57)86(10,11)12)93-82(92-71)58-43-75-79-76(44-58)95-74-50-64(88(16,17)18)48-68(90(22,23)24)78(74)66-40-55(53-33-29-26-30-34-53)42-70(81(66)95)91(79)69-41-54(52-31-27-25-28-32-52)39-65-77-67(89(19,20)21)47-63(87(13,14)15)49-73(77)94(75)80(65)69/h25-51H,1-24H3.